The molecule has 0 radical (unpaired) electrons. The highest BCUT2D eigenvalue weighted by atomic mass is 16.6. The quantitative estimate of drug-likeness (QED) is 0.610. The minimum Gasteiger partial charge on any atom is -0.355 e. The summed E-state index contributed by atoms with van der Waals surface area (Å²) in [5, 5.41) is 18.6. The van der Waals surface area contributed by atoms with E-state index in [4.69, 9.17) is 0 Å². The molecule has 0 spiro atoms. The molecule has 0 aliphatic heterocycles. The van der Waals surface area contributed by atoms with Gasteiger partial charge >= 0.3 is 5.69 Å². The molecule has 4 bridgehead atoms. The Hall–Kier alpha value is -1.92. The first-order chi connectivity index (χ1) is 12.8. The maximum atomic E-state index is 12.7. The summed E-state index contributed by atoms with van der Waals surface area (Å²) in [6.07, 6.45) is 8.03. The van der Waals surface area contributed by atoms with E-state index in [0.717, 1.165) is 24.3 Å². The Morgan fingerprint density at radius 2 is 1.81 bits per heavy atom. The molecule has 4 fully saturated rings. The van der Waals surface area contributed by atoms with Crippen molar-refractivity contribution in [1.82, 2.24) is 15.1 Å². The van der Waals surface area contributed by atoms with Gasteiger partial charge in [-0.05, 0) is 75.5 Å². The van der Waals surface area contributed by atoms with Gasteiger partial charge in [0.25, 0.3) is 0 Å². The van der Waals surface area contributed by atoms with E-state index >= 15 is 0 Å². The number of amides is 1. The molecule has 4 aliphatic carbocycles. The maximum absolute atomic E-state index is 12.7. The third-order valence-corrected chi connectivity index (χ3v) is 7.22. The molecule has 4 aliphatic rings. The summed E-state index contributed by atoms with van der Waals surface area (Å²) in [6, 6.07) is 0. The number of carbonyl (C=O) groups is 1. The van der Waals surface area contributed by atoms with Crippen LogP contribution in [0.5, 0.6) is 0 Å². The molecular weight excluding hydrogens is 344 g/mol. The predicted molar refractivity (Wildman–Crippen MR) is 101 cm³/mol. The molecule has 1 heterocycles. The molecule has 0 aromatic carbocycles. The monoisotopic (exact) mass is 374 g/mol. The SMILES string of the molecule is Cc1nn(CC(C)C(=O)NCC23CC4CC(CC(C4)C2)C3)c(C)c1[N+](=O)[O-]. The number of carbonyl (C=O) groups excluding carboxylic acids is 1. The average Bonchev–Trinajstić information content (AvgIpc) is 2.85. The summed E-state index contributed by atoms with van der Waals surface area (Å²) in [5.41, 5.74) is 1.29. The summed E-state index contributed by atoms with van der Waals surface area (Å²) >= 11 is 0. The number of hydrogen-bond donors (Lipinski definition) is 1. The van der Waals surface area contributed by atoms with Gasteiger partial charge in [0.05, 0.1) is 17.4 Å². The second-order valence-electron chi connectivity index (χ2n) is 9.50. The van der Waals surface area contributed by atoms with Gasteiger partial charge in [0.2, 0.25) is 5.91 Å². The van der Waals surface area contributed by atoms with Crippen molar-refractivity contribution in [3.63, 3.8) is 0 Å². The van der Waals surface area contributed by atoms with Crippen LogP contribution < -0.4 is 5.32 Å². The zero-order chi connectivity index (χ0) is 19.3. The first-order valence-electron chi connectivity index (χ1n) is 10.2. The molecule has 1 aromatic rings. The van der Waals surface area contributed by atoms with E-state index in [1.54, 1.807) is 18.5 Å². The molecule has 4 saturated carbocycles. The van der Waals surface area contributed by atoms with Crippen LogP contribution in [-0.4, -0.2) is 27.2 Å². The van der Waals surface area contributed by atoms with Crippen molar-refractivity contribution in [2.75, 3.05) is 6.54 Å². The summed E-state index contributed by atoms with van der Waals surface area (Å²) in [7, 11) is 0. The second-order valence-corrected chi connectivity index (χ2v) is 9.50. The topological polar surface area (TPSA) is 90.1 Å². The lowest BCUT2D eigenvalue weighted by Crippen LogP contribution is -2.51. The summed E-state index contributed by atoms with van der Waals surface area (Å²) in [5.74, 6) is 2.39. The molecule has 0 saturated heterocycles. The van der Waals surface area contributed by atoms with Gasteiger partial charge < -0.3 is 5.32 Å². The molecule has 1 amide bonds. The Bertz CT molecular complexity index is 734. The number of aryl methyl sites for hydroxylation is 1. The van der Waals surface area contributed by atoms with Crippen molar-refractivity contribution < 1.29 is 9.72 Å². The van der Waals surface area contributed by atoms with Crippen molar-refractivity contribution in [1.29, 1.82) is 0 Å². The van der Waals surface area contributed by atoms with Crippen molar-refractivity contribution in [2.24, 2.45) is 29.1 Å². The van der Waals surface area contributed by atoms with Crippen molar-refractivity contribution >= 4 is 11.6 Å². The Kier molecular flexibility index (Phi) is 4.51. The van der Waals surface area contributed by atoms with Crippen LogP contribution in [0.15, 0.2) is 0 Å². The van der Waals surface area contributed by atoms with Gasteiger partial charge in [-0.2, -0.15) is 5.10 Å². The zero-order valence-corrected chi connectivity index (χ0v) is 16.5. The fourth-order valence-corrected chi connectivity index (χ4v) is 6.43. The lowest BCUT2D eigenvalue weighted by Gasteiger charge is -2.57. The minimum atomic E-state index is -0.397. The molecule has 1 N–H and O–H groups in total. The molecule has 1 atom stereocenters. The number of hydrogen-bond acceptors (Lipinski definition) is 4. The van der Waals surface area contributed by atoms with Crippen LogP contribution in [0.25, 0.3) is 0 Å². The third kappa shape index (κ3) is 3.36. The van der Waals surface area contributed by atoms with Crippen LogP contribution >= 0.6 is 0 Å². The van der Waals surface area contributed by atoms with Gasteiger partial charge in [-0.25, -0.2) is 0 Å². The van der Waals surface area contributed by atoms with E-state index in [0.29, 0.717) is 23.3 Å². The number of nitrogens with zero attached hydrogens (tertiary/aromatic N) is 3. The fraction of sp³-hybridized carbons (Fsp3) is 0.800. The molecule has 7 heteroatoms. The van der Waals surface area contributed by atoms with E-state index in [1.807, 2.05) is 6.92 Å². The third-order valence-electron chi connectivity index (χ3n) is 7.22. The van der Waals surface area contributed by atoms with Crippen molar-refractivity contribution in [3.8, 4) is 0 Å². The molecule has 27 heavy (non-hydrogen) atoms. The second kappa shape index (κ2) is 6.60. The standard InChI is InChI=1S/C20H30N4O3/c1-12(10-23-14(3)18(24(26)27)13(2)22-23)19(25)21-11-20-7-15-4-16(8-20)6-17(5-15)9-20/h12,15-17H,4-11H2,1-3H3,(H,21,25). The predicted octanol–water partition coefficient (Wildman–Crippen LogP) is 3.38. The van der Waals surface area contributed by atoms with Gasteiger partial charge in [-0.3, -0.25) is 19.6 Å². The summed E-state index contributed by atoms with van der Waals surface area (Å²) in [4.78, 5) is 23.5. The van der Waals surface area contributed by atoms with Gasteiger partial charge in [0.1, 0.15) is 11.4 Å². The van der Waals surface area contributed by atoms with Crippen molar-refractivity contribution in [2.45, 2.75) is 65.8 Å². The highest BCUT2D eigenvalue weighted by molar-refractivity contribution is 5.78. The van der Waals surface area contributed by atoms with E-state index in [9.17, 15) is 14.9 Å². The zero-order valence-electron chi connectivity index (χ0n) is 16.5. The van der Waals surface area contributed by atoms with E-state index < -0.39 is 4.92 Å². The molecular formula is C20H30N4O3. The van der Waals surface area contributed by atoms with Crippen molar-refractivity contribution in [3.05, 3.63) is 21.5 Å². The number of nitrogens with one attached hydrogen (secondary N) is 1. The van der Waals surface area contributed by atoms with Gasteiger partial charge in [0.15, 0.2) is 0 Å². The molecule has 7 nitrogen and oxygen atoms in total. The van der Waals surface area contributed by atoms with Crippen LogP contribution in [0.3, 0.4) is 0 Å². The Labute approximate surface area is 160 Å². The summed E-state index contributed by atoms with van der Waals surface area (Å²) in [6.45, 7) is 6.36. The van der Waals surface area contributed by atoms with Crippen LogP contribution in [0.2, 0.25) is 0 Å². The Morgan fingerprint density at radius 3 is 2.30 bits per heavy atom. The highest BCUT2D eigenvalue weighted by Crippen LogP contribution is 2.59. The number of aromatic nitrogens is 2. The Morgan fingerprint density at radius 1 is 1.26 bits per heavy atom. The summed E-state index contributed by atoms with van der Waals surface area (Å²) < 4.78 is 1.60. The number of rotatable bonds is 6. The van der Waals surface area contributed by atoms with Gasteiger partial charge in [-0.15, -0.1) is 0 Å². The van der Waals surface area contributed by atoms with Crippen LogP contribution in [0, 0.1) is 53.0 Å². The highest BCUT2D eigenvalue weighted by Gasteiger charge is 2.50. The van der Waals surface area contributed by atoms with E-state index in [1.165, 1.54) is 38.5 Å². The molecule has 5 rings (SSSR count). The van der Waals surface area contributed by atoms with Crippen LogP contribution in [0.1, 0.15) is 56.8 Å². The van der Waals surface area contributed by atoms with Crippen LogP contribution in [-0.2, 0) is 11.3 Å². The number of nitro groups is 1. The fourth-order valence-electron chi connectivity index (χ4n) is 6.43. The van der Waals surface area contributed by atoms with E-state index in [-0.39, 0.29) is 17.5 Å². The van der Waals surface area contributed by atoms with E-state index in [2.05, 4.69) is 10.4 Å². The molecule has 1 aromatic heterocycles. The smallest absolute Gasteiger partial charge is 0.312 e. The minimum absolute atomic E-state index is 0.0287. The van der Waals surface area contributed by atoms with Gasteiger partial charge in [-0.1, -0.05) is 6.92 Å². The first kappa shape index (κ1) is 18.4. The lowest BCUT2D eigenvalue weighted by molar-refractivity contribution is -0.386. The van der Waals surface area contributed by atoms with Crippen LogP contribution in [0.4, 0.5) is 5.69 Å². The Balaban J connectivity index is 1.36. The lowest BCUT2D eigenvalue weighted by atomic mass is 9.49. The normalized spacial score (nSPS) is 32.5. The molecule has 148 valence electrons. The van der Waals surface area contributed by atoms with Gasteiger partial charge in [0, 0.05) is 6.54 Å². The molecule has 1 unspecified atom stereocenters. The first-order valence-corrected chi connectivity index (χ1v) is 10.2. The largest absolute Gasteiger partial charge is 0.355 e. The maximum Gasteiger partial charge on any atom is 0.312 e. The average molecular weight is 374 g/mol.